The number of nitrogens with zero attached hydrogens (tertiary/aromatic N) is 4. The third kappa shape index (κ3) is 4.66. The first kappa shape index (κ1) is 23.5. The van der Waals surface area contributed by atoms with E-state index >= 15 is 0 Å². The first-order valence-corrected chi connectivity index (χ1v) is 11.7. The van der Waals surface area contributed by atoms with Crippen LogP contribution in [-0.2, 0) is 11.3 Å². The zero-order chi connectivity index (χ0) is 25.1. The summed E-state index contributed by atoms with van der Waals surface area (Å²) >= 11 is 0. The van der Waals surface area contributed by atoms with E-state index in [9.17, 15) is 9.18 Å². The number of methoxy groups -OCH3 is 2. The molecule has 1 aliphatic heterocycles. The molecule has 0 unspecified atom stereocenters. The Hall–Kier alpha value is -4.21. The molecule has 0 bridgehead atoms. The van der Waals surface area contributed by atoms with Crippen molar-refractivity contribution in [3.05, 3.63) is 60.2 Å². The van der Waals surface area contributed by atoms with E-state index in [1.807, 2.05) is 18.2 Å². The summed E-state index contributed by atoms with van der Waals surface area (Å²) in [6, 6.07) is 11.7. The van der Waals surface area contributed by atoms with Gasteiger partial charge in [-0.3, -0.25) is 4.79 Å². The van der Waals surface area contributed by atoms with Crippen LogP contribution < -0.4 is 19.7 Å². The van der Waals surface area contributed by atoms with E-state index in [0.29, 0.717) is 72.1 Å². The Morgan fingerprint density at radius 3 is 2.72 bits per heavy atom. The number of fused-ring (bicyclic) bond motifs is 1. The fourth-order valence-electron chi connectivity index (χ4n) is 4.54. The average molecular weight is 492 g/mol. The van der Waals surface area contributed by atoms with Crippen molar-refractivity contribution in [1.29, 1.82) is 0 Å². The van der Waals surface area contributed by atoms with E-state index in [4.69, 9.17) is 14.0 Å². The van der Waals surface area contributed by atoms with Crippen molar-refractivity contribution in [1.82, 2.24) is 20.4 Å². The Morgan fingerprint density at radius 1 is 1.14 bits per heavy atom. The molecule has 1 amide bonds. The van der Waals surface area contributed by atoms with Gasteiger partial charge in [0, 0.05) is 36.7 Å². The number of aromatic nitrogens is 3. The van der Waals surface area contributed by atoms with Gasteiger partial charge in [-0.25, -0.2) is 9.37 Å². The van der Waals surface area contributed by atoms with Crippen LogP contribution in [0, 0.1) is 11.7 Å². The Kier molecular flexibility index (Phi) is 6.66. The third-order valence-electron chi connectivity index (χ3n) is 6.46. The SMILES string of the molecule is COc1ccc(OC)c(CNC(=O)C2CCN(c3ncnc4onc(-c5cccc(F)c5)c34)CC2)c1. The molecular weight excluding hydrogens is 465 g/mol. The lowest BCUT2D eigenvalue weighted by Crippen LogP contribution is -2.40. The van der Waals surface area contributed by atoms with Crippen LogP contribution in [0.5, 0.6) is 11.5 Å². The minimum absolute atomic E-state index is 0.00205. The molecule has 36 heavy (non-hydrogen) atoms. The van der Waals surface area contributed by atoms with Crippen molar-refractivity contribution in [3.8, 4) is 22.8 Å². The van der Waals surface area contributed by atoms with Gasteiger partial charge >= 0.3 is 0 Å². The van der Waals surface area contributed by atoms with Gasteiger partial charge in [-0.2, -0.15) is 4.98 Å². The number of carbonyl (C=O) groups is 1. The zero-order valence-corrected chi connectivity index (χ0v) is 20.0. The number of benzene rings is 2. The van der Waals surface area contributed by atoms with Crippen LogP contribution in [-0.4, -0.2) is 48.3 Å². The highest BCUT2D eigenvalue weighted by Gasteiger charge is 2.28. The lowest BCUT2D eigenvalue weighted by molar-refractivity contribution is -0.125. The van der Waals surface area contributed by atoms with Crippen LogP contribution in [0.25, 0.3) is 22.4 Å². The number of hydrogen-bond acceptors (Lipinski definition) is 8. The Bertz CT molecular complexity index is 1380. The number of anilines is 1. The summed E-state index contributed by atoms with van der Waals surface area (Å²) in [6.07, 6.45) is 2.75. The van der Waals surface area contributed by atoms with Crippen molar-refractivity contribution in [2.75, 3.05) is 32.2 Å². The minimum Gasteiger partial charge on any atom is -0.497 e. The van der Waals surface area contributed by atoms with Crippen LogP contribution in [0.3, 0.4) is 0 Å². The van der Waals surface area contributed by atoms with E-state index in [1.165, 1.54) is 18.5 Å². The molecular formula is C26H26FN5O4. The van der Waals surface area contributed by atoms with E-state index in [-0.39, 0.29) is 17.6 Å². The van der Waals surface area contributed by atoms with Crippen molar-refractivity contribution in [2.45, 2.75) is 19.4 Å². The summed E-state index contributed by atoms with van der Waals surface area (Å²) in [5.74, 6) is 1.58. The van der Waals surface area contributed by atoms with Crippen LogP contribution in [0.15, 0.2) is 53.3 Å². The van der Waals surface area contributed by atoms with Gasteiger partial charge in [0.1, 0.15) is 40.5 Å². The van der Waals surface area contributed by atoms with Crippen LogP contribution in [0.4, 0.5) is 10.2 Å². The highest BCUT2D eigenvalue weighted by molar-refractivity contribution is 5.98. The number of halogens is 1. The summed E-state index contributed by atoms with van der Waals surface area (Å²) in [7, 11) is 3.20. The predicted molar refractivity (Wildman–Crippen MR) is 131 cm³/mol. The molecule has 10 heteroatoms. The molecule has 5 rings (SSSR count). The number of rotatable bonds is 7. The van der Waals surface area contributed by atoms with E-state index < -0.39 is 0 Å². The molecule has 186 valence electrons. The molecule has 0 spiro atoms. The summed E-state index contributed by atoms with van der Waals surface area (Å²) in [6.45, 7) is 1.60. The maximum atomic E-state index is 13.8. The van der Waals surface area contributed by atoms with Crippen LogP contribution in [0.2, 0.25) is 0 Å². The number of ether oxygens (including phenoxy) is 2. The van der Waals surface area contributed by atoms with E-state index in [1.54, 1.807) is 26.4 Å². The lowest BCUT2D eigenvalue weighted by Gasteiger charge is -2.32. The second kappa shape index (κ2) is 10.2. The first-order chi connectivity index (χ1) is 17.6. The fraction of sp³-hybridized carbons (Fsp3) is 0.308. The number of carbonyl (C=O) groups excluding carboxylic acids is 1. The summed E-state index contributed by atoms with van der Waals surface area (Å²) in [5, 5.41) is 7.80. The number of amides is 1. The van der Waals surface area contributed by atoms with Gasteiger partial charge in [0.05, 0.1) is 14.2 Å². The monoisotopic (exact) mass is 491 g/mol. The quantitative estimate of drug-likeness (QED) is 0.414. The van der Waals surface area contributed by atoms with Gasteiger partial charge in [-0.05, 0) is 43.2 Å². The van der Waals surface area contributed by atoms with Gasteiger partial charge in [-0.1, -0.05) is 17.3 Å². The molecule has 9 nitrogen and oxygen atoms in total. The number of piperidine rings is 1. The van der Waals surface area contributed by atoms with Crippen LogP contribution >= 0.6 is 0 Å². The highest BCUT2D eigenvalue weighted by atomic mass is 19.1. The molecule has 2 aromatic carbocycles. The summed E-state index contributed by atoms with van der Waals surface area (Å²) in [5.41, 5.74) is 2.27. The number of nitrogens with one attached hydrogen (secondary N) is 1. The third-order valence-corrected chi connectivity index (χ3v) is 6.46. The minimum atomic E-state index is -0.361. The van der Waals surface area contributed by atoms with Crippen molar-refractivity contribution in [3.63, 3.8) is 0 Å². The lowest BCUT2D eigenvalue weighted by atomic mass is 9.95. The maximum absolute atomic E-state index is 13.8. The fourth-order valence-corrected chi connectivity index (χ4v) is 4.54. The average Bonchev–Trinajstić information content (AvgIpc) is 3.36. The van der Waals surface area contributed by atoms with Gasteiger partial charge in [-0.15, -0.1) is 0 Å². The van der Waals surface area contributed by atoms with Crippen molar-refractivity contribution in [2.24, 2.45) is 5.92 Å². The Labute approximate surface area is 207 Å². The van der Waals surface area contributed by atoms with Crippen LogP contribution in [0.1, 0.15) is 18.4 Å². The Balaban J connectivity index is 1.28. The van der Waals surface area contributed by atoms with Gasteiger partial charge in [0.2, 0.25) is 5.91 Å². The summed E-state index contributed by atoms with van der Waals surface area (Å²) in [4.78, 5) is 23.7. The van der Waals surface area contributed by atoms with Gasteiger partial charge in [0.15, 0.2) is 0 Å². The van der Waals surface area contributed by atoms with Crippen molar-refractivity contribution < 1.29 is 23.2 Å². The van der Waals surface area contributed by atoms with E-state index in [0.717, 1.165) is 5.56 Å². The second-order valence-corrected chi connectivity index (χ2v) is 8.58. The molecule has 0 radical (unpaired) electrons. The zero-order valence-electron chi connectivity index (χ0n) is 20.0. The smallest absolute Gasteiger partial charge is 0.263 e. The van der Waals surface area contributed by atoms with Crippen molar-refractivity contribution >= 4 is 22.8 Å². The predicted octanol–water partition coefficient (Wildman–Crippen LogP) is 3.97. The molecule has 1 aliphatic rings. The normalized spacial score (nSPS) is 14.1. The standard InChI is InChI=1S/C26H26FN5O4/c1-34-20-6-7-21(35-2)18(13-20)14-28-25(33)16-8-10-32(11-9-16)24-22-23(17-4-3-5-19(27)12-17)31-36-26(22)30-15-29-24/h3-7,12-13,15-16H,8-11,14H2,1-2H3,(H,28,33). The molecule has 0 aliphatic carbocycles. The molecule has 0 atom stereocenters. The number of hydrogen-bond donors (Lipinski definition) is 1. The highest BCUT2D eigenvalue weighted by Crippen LogP contribution is 2.35. The summed E-state index contributed by atoms with van der Waals surface area (Å²) < 4.78 is 29.9. The molecule has 2 aromatic heterocycles. The Morgan fingerprint density at radius 2 is 1.97 bits per heavy atom. The first-order valence-electron chi connectivity index (χ1n) is 11.7. The van der Waals surface area contributed by atoms with Gasteiger partial charge < -0.3 is 24.2 Å². The topological polar surface area (TPSA) is 103 Å². The molecule has 1 fully saturated rings. The molecule has 1 N–H and O–H groups in total. The van der Waals surface area contributed by atoms with Gasteiger partial charge in [0.25, 0.3) is 5.71 Å². The molecule has 1 saturated heterocycles. The van der Waals surface area contributed by atoms with E-state index in [2.05, 4.69) is 25.3 Å². The molecule has 0 saturated carbocycles. The molecule has 4 aromatic rings. The maximum Gasteiger partial charge on any atom is 0.263 e. The largest absolute Gasteiger partial charge is 0.497 e. The second-order valence-electron chi connectivity index (χ2n) is 8.58. The molecule has 3 heterocycles.